The number of carbonyl (C=O) groups is 1. The molecular formula is C29H21F7N4O5S. The van der Waals surface area contributed by atoms with E-state index >= 15 is 0 Å². The zero-order chi connectivity index (χ0) is 33.0. The van der Waals surface area contributed by atoms with Gasteiger partial charge in [-0.05, 0) is 42.5 Å². The maximum atomic E-state index is 14.3. The lowest BCUT2D eigenvalue weighted by atomic mass is 10.0. The van der Waals surface area contributed by atoms with Crippen molar-refractivity contribution in [2.75, 3.05) is 6.61 Å². The number of fused-ring (bicyclic) bond motifs is 2. The topological polar surface area (TPSA) is 120 Å². The Labute approximate surface area is 255 Å². The van der Waals surface area contributed by atoms with E-state index in [2.05, 4.69) is 25.0 Å². The van der Waals surface area contributed by atoms with Crippen LogP contribution in [0.3, 0.4) is 0 Å². The normalized spacial score (nSPS) is 19.9. The number of rotatable bonds is 8. The zero-order valence-corrected chi connectivity index (χ0v) is 24.0. The number of hydrogen-bond donors (Lipinski definition) is 1. The number of halogens is 7. The molecule has 1 saturated carbocycles. The first-order chi connectivity index (χ1) is 21.7. The number of carbonyl (C=O) groups excluding carboxylic acids is 1. The molecule has 1 amide bonds. The van der Waals surface area contributed by atoms with Gasteiger partial charge in [-0.2, -0.15) is 8.78 Å². The van der Waals surface area contributed by atoms with Crippen LogP contribution < -0.4 is 10.1 Å². The van der Waals surface area contributed by atoms with Gasteiger partial charge in [0.05, 0.1) is 58.9 Å². The van der Waals surface area contributed by atoms with Crippen molar-refractivity contribution in [3.63, 3.8) is 0 Å². The molecule has 242 valence electrons. The molecule has 1 aliphatic carbocycles. The van der Waals surface area contributed by atoms with Crippen LogP contribution in [0.2, 0.25) is 0 Å². The summed E-state index contributed by atoms with van der Waals surface area (Å²) in [5, 5.41) is 2.99. The molecule has 0 spiro atoms. The molecule has 1 aromatic carbocycles. The van der Waals surface area contributed by atoms with Crippen molar-refractivity contribution in [2.45, 2.75) is 54.8 Å². The molecule has 2 aliphatic rings. The number of sulfone groups is 1. The molecule has 6 rings (SSSR count). The Morgan fingerprint density at radius 1 is 1.07 bits per heavy atom. The van der Waals surface area contributed by atoms with Crippen LogP contribution >= 0.6 is 0 Å². The van der Waals surface area contributed by atoms with E-state index in [1.165, 1.54) is 24.4 Å². The van der Waals surface area contributed by atoms with Crippen LogP contribution in [0.4, 0.5) is 30.7 Å². The van der Waals surface area contributed by atoms with E-state index < -0.39 is 93.1 Å². The lowest BCUT2D eigenvalue weighted by molar-refractivity contribution is -0.0510. The third-order valence-electron chi connectivity index (χ3n) is 7.46. The Morgan fingerprint density at radius 3 is 2.48 bits per heavy atom. The van der Waals surface area contributed by atoms with Gasteiger partial charge in [-0.3, -0.25) is 9.78 Å². The fourth-order valence-corrected chi connectivity index (χ4v) is 6.37. The monoisotopic (exact) mass is 670 g/mol. The summed E-state index contributed by atoms with van der Waals surface area (Å²) in [5.41, 5.74) is -3.58. The molecular weight excluding hydrogens is 649 g/mol. The molecule has 0 radical (unpaired) electrons. The van der Waals surface area contributed by atoms with Gasteiger partial charge in [0.1, 0.15) is 5.75 Å². The second kappa shape index (κ2) is 11.8. The van der Waals surface area contributed by atoms with Crippen molar-refractivity contribution in [3.8, 4) is 17.1 Å². The molecule has 0 unspecified atom stereocenters. The van der Waals surface area contributed by atoms with E-state index in [1.807, 2.05) is 0 Å². The highest BCUT2D eigenvalue weighted by molar-refractivity contribution is 7.92. The van der Waals surface area contributed by atoms with Crippen molar-refractivity contribution in [3.05, 3.63) is 76.7 Å². The molecule has 3 aromatic heterocycles. The summed E-state index contributed by atoms with van der Waals surface area (Å²) in [7, 11) is -4.71. The molecule has 0 saturated heterocycles. The van der Waals surface area contributed by atoms with Gasteiger partial charge in [-0.25, -0.2) is 40.3 Å². The van der Waals surface area contributed by atoms with E-state index in [0.29, 0.717) is 10.9 Å². The molecule has 9 nitrogen and oxygen atoms in total. The predicted molar refractivity (Wildman–Crippen MR) is 146 cm³/mol. The first-order valence-electron chi connectivity index (χ1n) is 13.5. The largest absolute Gasteiger partial charge is 0.433 e. The molecule has 1 aliphatic heterocycles. The standard InChI is InChI=1S/C29H21F7N4O5S/c30-24-12-44-11-17-16(26(31)32)5-14(6-23(17)46(24,42)43)27(41)38-10-15-7-21-13(9-37-15)1-2-19(39-21)20-3-4-22(45-28(33)34)25(40-20)18-8-29(18,35)36/h1-7,9,18,24,26,28H,8,10-12H2,(H,38,41)/t18-,24+/m0/s1. The number of pyridine rings is 3. The average molecular weight is 671 g/mol. The van der Waals surface area contributed by atoms with Gasteiger partial charge in [0.15, 0.2) is 0 Å². The summed E-state index contributed by atoms with van der Waals surface area (Å²) < 4.78 is 130. The minimum Gasteiger partial charge on any atom is -0.433 e. The highest BCUT2D eigenvalue weighted by atomic mass is 32.2. The highest BCUT2D eigenvalue weighted by Gasteiger charge is 2.59. The number of alkyl halides is 7. The first kappa shape index (κ1) is 31.6. The SMILES string of the molecule is O=C(NCc1cc2nc(-c3ccc(OC(F)F)c([C@@H]4CC4(F)F)n3)ccc2cn1)c1cc(C(F)F)c2c(c1)S(=O)(=O)[C@@H](F)COC2. The highest BCUT2D eigenvalue weighted by Crippen LogP contribution is 2.57. The fourth-order valence-electron chi connectivity index (χ4n) is 5.01. The quantitative estimate of drug-likeness (QED) is 0.231. The predicted octanol–water partition coefficient (Wildman–Crippen LogP) is 5.88. The maximum Gasteiger partial charge on any atom is 0.387 e. The van der Waals surface area contributed by atoms with Crippen molar-refractivity contribution in [1.29, 1.82) is 0 Å². The number of nitrogens with one attached hydrogen (secondary N) is 1. The maximum absolute atomic E-state index is 14.3. The lowest BCUT2D eigenvalue weighted by Crippen LogP contribution is -2.25. The molecule has 4 aromatic rings. The van der Waals surface area contributed by atoms with Gasteiger partial charge in [0.25, 0.3) is 18.3 Å². The van der Waals surface area contributed by atoms with Crippen LogP contribution in [0.5, 0.6) is 5.75 Å². The Bertz CT molecular complexity index is 1960. The van der Waals surface area contributed by atoms with Crippen LogP contribution in [0.25, 0.3) is 22.3 Å². The molecule has 1 fully saturated rings. The second-order valence-corrected chi connectivity index (χ2v) is 12.6. The molecule has 0 bridgehead atoms. The van der Waals surface area contributed by atoms with Crippen molar-refractivity contribution in [2.24, 2.45) is 0 Å². The minimum absolute atomic E-state index is 0.113. The first-order valence-corrected chi connectivity index (χ1v) is 15.1. The van der Waals surface area contributed by atoms with Crippen molar-refractivity contribution in [1.82, 2.24) is 20.3 Å². The average Bonchev–Trinajstić information content (AvgIpc) is 3.68. The smallest absolute Gasteiger partial charge is 0.387 e. The number of ether oxygens (including phenoxy) is 2. The van der Waals surface area contributed by atoms with Crippen molar-refractivity contribution < 1.29 is 53.4 Å². The van der Waals surface area contributed by atoms with E-state index in [-0.39, 0.29) is 29.3 Å². The van der Waals surface area contributed by atoms with Gasteiger partial charge in [-0.15, -0.1) is 0 Å². The summed E-state index contributed by atoms with van der Waals surface area (Å²) in [6, 6.07) is 8.65. The van der Waals surface area contributed by atoms with E-state index in [0.717, 1.165) is 18.2 Å². The van der Waals surface area contributed by atoms with Gasteiger partial charge in [0, 0.05) is 34.7 Å². The number of hydrogen-bond acceptors (Lipinski definition) is 8. The molecule has 2 atom stereocenters. The van der Waals surface area contributed by atoms with Crippen LogP contribution in [0, 0.1) is 0 Å². The Morgan fingerprint density at radius 2 is 1.78 bits per heavy atom. The summed E-state index contributed by atoms with van der Waals surface area (Å²) in [5.74, 6) is -5.89. The summed E-state index contributed by atoms with van der Waals surface area (Å²) >= 11 is 0. The minimum atomic E-state index is -4.71. The third kappa shape index (κ3) is 6.08. The summed E-state index contributed by atoms with van der Waals surface area (Å²) in [6.07, 6.45) is -2.33. The second-order valence-electron chi connectivity index (χ2n) is 10.5. The van der Waals surface area contributed by atoms with E-state index in [1.54, 1.807) is 6.07 Å². The van der Waals surface area contributed by atoms with E-state index in [9.17, 15) is 43.9 Å². The number of amides is 1. The number of nitrogens with zero attached hydrogens (tertiary/aromatic N) is 3. The van der Waals surface area contributed by atoms with Gasteiger partial charge in [0.2, 0.25) is 15.3 Å². The zero-order valence-electron chi connectivity index (χ0n) is 23.2. The molecule has 4 heterocycles. The lowest BCUT2D eigenvalue weighted by Gasteiger charge is -2.15. The third-order valence-corrected chi connectivity index (χ3v) is 9.25. The summed E-state index contributed by atoms with van der Waals surface area (Å²) in [4.78, 5) is 25.0. The number of aromatic nitrogens is 3. The molecule has 46 heavy (non-hydrogen) atoms. The van der Waals surface area contributed by atoms with Crippen LogP contribution in [0.15, 0.2) is 53.6 Å². The Kier molecular flexibility index (Phi) is 8.08. The van der Waals surface area contributed by atoms with Crippen LogP contribution in [-0.4, -0.2) is 53.9 Å². The molecule has 17 heteroatoms. The van der Waals surface area contributed by atoms with Gasteiger partial charge < -0.3 is 14.8 Å². The molecule has 1 N–H and O–H groups in total. The van der Waals surface area contributed by atoms with Crippen molar-refractivity contribution >= 4 is 26.6 Å². The Balaban J connectivity index is 1.25. The fraction of sp³-hybridized carbons (Fsp3) is 0.310. The Hall–Kier alpha value is -4.38. The van der Waals surface area contributed by atoms with Gasteiger partial charge in [-0.1, -0.05) is 0 Å². The number of benzene rings is 1. The summed E-state index contributed by atoms with van der Waals surface area (Å²) in [6.45, 7) is -4.93. The van der Waals surface area contributed by atoms with Crippen LogP contribution in [-0.2, 0) is 27.7 Å². The van der Waals surface area contributed by atoms with E-state index in [4.69, 9.17) is 4.74 Å². The van der Waals surface area contributed by atoms with Gasteiger partial charge >= 0.3 is 6.61 Å². The van der Waals surface area contributed by atoms with Crippen LogP contribution in [0.1, 0.15) is 51.6 Å².